The zero-order chi connectivity index (χ0) is 12.2. The molecule has 17 heavy (non-hydrogen) atoms. The molecule has 2 heterocycles. The van der Waals surface area contributed by atoms with Gasteiger partial charge in [0.05, 0.1) is 28.3 Å². The summed E-state index contributed by atoms with van der Waals surface area (Å²) in [5.41, 5.74) is 1.41. The molecule has 0 aliphatic rings. The third kappa shape index (κ3) is 1.40. The van der Waals surface area contributed by atoms with Crippen LogP contribution in [-0.2, 0) is 13.2 Å². The lowest BCUT2D eigenvalue weighted by molar-refractivity contribution is -0.137. The highest BCUT2D eigenvalue weighted by molar-refractivity contribution is 6.03. The Morgan fingerprint density at radius 3 is 2.71 bits per heavy atom. The quantitative estimate of drug-likeness (QED) is 0.642. The molecule has 0 radical (unpaired) electrons. The molecule has 3 aromatic rings. The zero-order valence-electron chi connectivity index (χ0n) is 8.84. The SMILES string of the molecule is Cn1[nH]c2cnc3ccc(C(F)(F)F)cc3c21. The summed E-state index contributed by atoms with van der Waals surface area (Å²) in [6, 6.07) is 3.58. The Balaban J connectivity index is 2.37. The van der Waals surface area contributed by atoms with Crippen molar-refractivity contribution in [3.63, 3.8) is 0 Å². The highest BCUT2D eigenvalue weighted by Crippen LogP contribution is 2.33. The molecule has 0 saturated heterocycles. The number of aromatic nitrogens is 3. The molecule has 3 nitrogen and oxygen atoms in total. The van der Waals surface area contributed by atoms with E-state index < -0.39 is 11.7 Å². The number of nitrogens with zero attached hydrogens (tertiary/aromatic N) is 2. The summed E-state index contributed by atoms with van der Waals surface area (Å²) in [6.07, 6.45) is -2.71. The lowest BCUT2D eigenvalue weighted by Gasteiger charge is -2.15. The van der Waals surface area contributed by atoms with Crippen molar-refractivity contribution in [3.8, 4) is 0 Å². The molecule has 1 N–H and O–H groups in total. The van der Waals surface area contributed by atoms with Gasteiger partial charge in [-0.25, -0.2) is 0 Å². The van der Waals surface area contributed by atoms with Crippen molar-refractivity contribution >= 4 is 21.9 Å². The maximum atomic E-state index is 12.6. The van der Waals surface area contributed by atoms with E-state index in [0.29, 0.717) is 10.9 Å². The standard InChI is InChI=1S/C11H8F3N3/c1-17-10-7-4-6(11(12,13)14)2-3-8(7)15-5-9(10)16-17/h2-5,16H,1H3. The summed E-state index contributed by atoms with van der Waals surface area (Å²) < 4.78 is 39.5. The van der Waals surface area contributed by atoms with E-state index >= 15 is 0 Å². The summed E-state index contributed by atoms with van der Waals surface area (Å²) in [5.74, 6) is 0. The summed E-state index contributed by atoms with van der Waals surface area (Å²) in [7, 11) is 1.75. The fourth-order valence-corrected chi connectivity index (χ4v) is 1.98. The summed E-state index contributed by atoms with van der Waals surface area (Å²) >= 11 is 0. The maximum Gasteiger partial charge on any atom is 0.416 e. The smallest absolute Gasteiger partial charge is 0.295 e. The number of pyridine rings is 1. The van der Waals surface area contributed by atoms with Gasteiger partial charge >= 0.3 is 6.18 Å². The van der Waals surface area contributed by atoms with E-state index in [-0.39, 0.29) is 0 Å². The first-order chi connectivity index (χ1) is 7.97. The van der Waals surface area contributed by atoms with Crippen LogP contribution in [0.25, 0.3) is 21.9 Å². The van der Waals surface area contributed by atoms with Gasteiger partial charge < -0.3 is 0 Å². The number of nitrogens with one attached hydrogen (secondary N) is 1. The molecular formula is C11H8F3N3. The molecule has 1 aromatic carbocycles. The van der Waals surface area contributed by atoms with E-state index in [9.17, 15) is 13.2 Å². The van der Waals surface area contributed by atoms with E-state index in [1.165, 1.54) is 6.07 Å². The zero-order valence-corrected chi connectivity index (χ0v) is 8.84. The number of halogens is 3. The largest absolute Gasteiger partial charge is 0.416 e. The first-order valence-electron chi connectivity index (χ1n) is 4.97. The Morgan fingerprint density at radius 2 is 2.06 bits per heavy atom. The second kappa shape index (κ2) is 3.03. The molecular weight excluding hydrogens is 231 g/mol. The molecule has 0 aliphatic carbocycles. The van der Waals surface area contributed by atoms with Crippen LogP contribution in [0, 0.1) is 0 Å². The maximum absolute atomic E-state index is 12.6. The van der Waals surface area contributed by atoms with Crippen LogP contribution in [0.5, 0.6) is 0 Å². The van der Waals surface area contributed by atoms with Gasteiger partial charge in [-0.2, -0.15) is 13.2 Å². The first kappa shape index (κ1) is 10.2. The first-order valence-corrected chi connectivity index (χ1v) is 4.97. The number of benzene rings is 1. The summed E-state index contributed by atoms with van der Waals surface area (Å²) in [5, 5.41) is 3.44. The average Bonchev–Trinajstić information content (AvgIpc) is 2.24. The molecule has 2 aromatic heterocycles. The molecule has 0 fully saturated rings. The third-order valence-corrected chi connectivity index (χ3v) is 2.79. The van der Waals surface area contributed by atoms with Gasteiger partial charge in [0, 0.05) is 12.4 Å². The van der Waals surface area contributed by atoms with Gasteiger partial charge in [0.1, 0.15) is 0 Å². The lowest BCUT2D eigenvalue weighted by Crippen LogP contribution is -2.08. The van der Waals surface area contributed by atoms with Gasteiger partial charge in [-0.3, -0.25) is 14.8 Å². The van der Waals surface area contributed by atoms with Gasteiger partial charge in [0.25, 0.3) is 0 Å². The number of H-pyrrole nitrogens is 1. The normalized spacial score (nSPS) is 12.7. The van der Waals surface area contributed by atoms with Gasteiger partial charge in [-0.1, -0.05) is 0 Å². The third-order valence-electron chi connectivity index (χ3n) is 2.79. The van der Waals surface area contributed by atoms with Crippen molar-refractivity contribution in [2.24, 2.45) is 7.05 Å². The van der Waals surface area contributed by atoms with E-state index in [2.05, 4.69) is 10.1 Å². The number of hydrogen-bond donors (Lipinski definition) is 1. The number of rotatable bonds is 0. The Kier molecular flexibility index (Phi) is 1.81. The minimum atomic E-state index is -4.33. The number of aromatic amines is 1. The van der Waals surface area contributed by atoms with Crippen LogP contribution >= 0.6 is 0 Å². The van der Waals surface area contributed by atoms with Crippen LogP contribution in [0.3, 0.4) is 0 Å². The van der Waals surface area contributed by atoms with Crippen molar-refractivity contribution in [2.45, 2.75) is 6.18 Å². The van der Waals surface area contributed by atoms with Gasteiger partial charge in [-0.05, 0) is 18.2 Å². The van der Waals surface area contributed by atoms with Gasteiger partial charge in [0.2, 0.25) is 0 Å². The van der Waals surface area contributed by atoms with E-state index in [0.717, 1.165) is 23.2 Å². The van der Waals surface area contributed by atoms with Crippen molar-refractivity contribution < 1.29 is 13.2 Å². The monoisotopic (exact) mass is 239 g/mol. The Labute approximate surface area is 93.8 Å². The van der Waals surface area contributed by atoms with Crippen molar-refractivity contribution in [3.05, 3.63) is 30.0 Å². The predicted octanol–water partition coefficient (Wildman–Crippen LogP) is 3.07. The van der Waals surface area contributed by atoms with Crippen LogP contribution in [0.1, 0.15) is 5.56 Å². The molecule has 0 bridgehead atoms. The molecule has 88 valence electrons. The van der Waals surface area contributed by atoms with Crippen LogP contribution in [0.15, 0.2) is 24.4 Å². The predicted molar refractivity (Wildman–Crippen MR) is 57.6 cm³/mol. The highest BCUT2D eigenvalue weighted by atomic mass is 19.4. The molecule has 0 atom stereocenters. The number of aryl methyl sites for hydroxylation is 1. The topological polar surface area (TPSA) is 33.6 Å². The molecule has 0 amide bonds. The van der Waals surface area contributed by atoms with Crippen molar-refractivity contribution in [1.29, 1.82) is 0 Å². The van der Waals surface area contributed by atoms with E-state index in [4.69, 9.17) is 0 Å². The Hall–Kier alpha value is -1.98. The van der Waals surface area contributed by atoms with E-state index in [1.807, 2.05) is 0 Å². The average molecular weight is 239 g/mol. The minimum Gasteiger partial charge on any atom is -0.295 e. The minimum absolute atomic E-state index is 0.513. The number of fused-ring (bicyclic) bond motifs is 3. The molecule has 0 spiro atoms. The second-order valence-electron chi connectivity index (χ2n) is 3.92. The van der Waals surface area contributed by atoms with E-state index in [1.54, 1.807) is 17.9 Å². The number of alkyl halides is 3. The van der Waals surface area contributed by atoms with Crippen LogP contribution in [0.4, 0.5) is 13.2 Å². The van der Waals surface area contributed by atoms with Crippen molar-refractivity contribution in [1.82, 2.24) is 14.8 Å². The highest BCUT2D eigenvalue weighted by Gasteiger charge is 2.30. The summed E-state index contributed by atoms with van der Waals surface area (Å²) in [6.45, 7) is 0. The fourth-order valence-electron chi connectivity index (χ4n) is 1.98. The van der Waals surface area contributed by atoms with Crippen LogP contribution < -0.4 is 0 Å². The number of hydrogen-bond acceptors (Lipinski definition) is 1. The molecule has 0 aliphatic heterocycles. The second-order valence-corrected chi connectivity index (χ2v) is 3.92. The summed E-state index contributed by atoms with van der Waals surface area (Å²) in [4.78, 5) is 4.09. The Bertz CT molecular complexity index is 706. The van der Waals surface area contributed by atoms with Crippen molar-refractivity contribution in [2.75, 3.05) is 0 Å². The van der Waals surface area contributed by atoms with Crippen LogP contribution in [-0.4, -0.2) is 14.8 Å². The van der Waals surface area contributed by atoms with Gasteiger partial charge in [-0.15, -0.1) is 0 Å². The molecule has 6 heteroatoms. The molecule has 0 saturated carbocycles. The lowest BCUT2D eigenvalue weighted by atomic mass is 10.1. The fraction of sp³-hybridized carbons (Fsp3) is 0.182. The molecule has 0 unspecified atom stereocenters. The Morgan fingerprint density at radius 1 is 1.29 bits per heavy atom. The van der Waals surface area contributed by atoms with Crippen LogP contribution in [0.2, 0.25) is 0 Å². The van der Waals surface area contributed by atoms with Gasteiger partial charge in [0.15, 0.2) is 0 Å². The molecule has 3 rings (SSSR count).